The van der Waals surface area contributed by atoms with E-state index in [-0.39, 0.29) is 12.6 Å². The zero-order valence-corrected chi connectivity index (χ0v) is 10.0. The van der Waals surface area contributed by atoms with Gasteiger partial charge in [-0.1, -0.05) is 42.7 Å². The van der Waals surface area contributed by atoms with E-state index >= 15 is 0 Å². The second-order valence-electron chi connectivity index (χ2n) is 3.91. The van der Waals surface area contributed by atoms with Crippen molar-refractivity contribution in [3.63, 3.8) is 0 Å². The standard InChI is InChI=1S/C15H18O2/c1-2-13-17-15(16)12-8-4-7-11-14-9-5-3-6-10-14/h1,3,5-6,9-10H,4,7-8,11-13H2. The minimum Gasteiger partial charge on any atom is -0.452 e. The van der Waals surface area contributed by atoms with Crippen LogP contribution in [0.5, 0.6) is 0 Å². The average Bonchev–Trinajstić information content (AvgIpc) is 2.37. The molecule has 0 unspecified atom stereocenters. The Hall–Kier alpha value is -1.75. The number of carbonyl (C=O) groups excluding carboxylic acids is 1. The minimum absolute atomic E-state index is 0.0862. The topological polar surface area (TPSA) is 26.3 Å². The average molecular weight is 230 g/mol. The lowest BCUT2D eigenvalue weighted by Crippen LogP contribution is -2.04. The lowest BCUT2D eigenvalue weighted by molar-refractivity contribution is -0.142. The van der Waals surface area contributed by atoms with Gasteiger partial charge in [-0.25, -0.2) is 0 Å². The number of unbranched alkanes of at least 4 members (excludes halogenated alkanes) is 2. The molecule has 0 saturated carbocycles. The number of hydrogen-bond acceptors (Lipinski definition) is 2. The fourth-order valence-electron chi connectivity index (χ4n) is 1.61. The largest absolute Gasteiger partial charge is 0.452 e. The zero-order chi connectivity index (χ0) is 12.3. The molecule has 0 aromatic heterocycles. The molecule has 2 nitrogen and oxygen atoms in total. The van der Waals surface area contributed by atoms with Gasteiger partial charge in [0.05, 0.1) is 0 Å². The fourth-order valence-corrected chi connectivity index (χ4v) is 1.61. The van der Waals surface area contributed by atoms with Crippen LogP contribution in [0.2, 0.25) is 0 Å². The van der Waals surface area contributed by atoms with Crippen molar-refractivity contribution in [2.45, 2.75) is 32.1 Å². The summed E-state index contributed by atoms with van der Waals surface area (Å²) in [7, 11) is 0. The number of benzene rings is 1. The highest BCUT2D eigenvalue weighted by atomic mass is 16.5. The maximum Gasteiger partial charge on any atom is 0.306 e. The molecule has 1 aromatic carbocycles. The molecule has 0 heterocycles. The van der Waals surface area contributed by atoms with Gasteiger partial charge in [0, 0.05) is 6.42 Å². The normalized spacial score (nSPS) is 9.59. The molecule has 0 bridgehead atoms. The Morgan fingerprint density at radius 2 is 1.94 bits per heavy atom. The zero-order valence-electron chi connectivity index (χ0n) is 10.0. The van der Waals surface area contributed by atoms with Crippen molar-refractivity contribution >= 4 is 5.97 Å². The Kier molecular flexibility index (Phi) is 6.59. The van der Waals surface area contributed by atoms with E-state index in [0.29, 0.717) is 6.42 Å². The number of aryl methyl sites for hydroxylation is 1. The highest BCUT2D eigenvalue weighted by Crippen LogP contribution is 2.07. The third kappa shape index (κ3) is 6.42. The lowest BCUT2D eigenvalue weighted by Gasteiger charge is -2.02. The van der Waals surface area contributed by atoms with Gasteiger partial charge in [-0.2, -0.15) is 0 Å². The molecule has 1 rings (SSSR count). The van der Waals surface area contributed by atoms with Crippen LogP contribution >= 0.6 is 0 Å². The number of rotatable bonds is 7. The molecule has 0 saturated heterocycles. The molecule has 0 aliphatic rings. The summed E-state index contributed by atoms with van der Waals surface area (Å²) in [5.41, 5.74) is 1.35. The van der Waals surface area contributed by atoms with Gasteiger partial charge in [-0.05, 0) is 24.8 Å². The number of terminal acetylenes is 1. The third-order valence-electron chi connectivity index (χ3n) is 2.51. The molecule has 0 N–H and O–H groups in total. The van der Waals surface area contributed by atoms with E-state index in [1.54, 1.807) is 0 Å². The van der Waals surface area contributed by atoms with Gasteiger partial charge in [0.15, 0.2) is 6.61 Å². The van der Waals surface area contributed by atoms with Gasteiger partial charge in [0.2, 0.25) is 0 Å². The first-order valence-corrected chi connectivity index (χ1v) is 5.96. The predicted octanol–water partition coefficient (Wildman–Crippen LogP) is 2.97. The molecule has 0 radical (unpaired) electrons. The van der Waals surface area contributed by atoms with E-state index in [1.165, 1.54) is 5.56 Å². The SMILES string of the molecule is C#CCOC(=O)CCCCCc1ccccc1. The molecule has 2 heteroatoms. The van der Waals surface area contributed by atoms with Gasteiger partial charge in [-0.3, -0.25) is 4.79 Å². The first-order chi connectivity index (χ1) is 8.33. The highest BCUT2D eigenvalue weighted by molar-refractivity contribution is 5.69. The van der Waals surface area contributed by atoms with Crippen LogP contribution in [0.1, 0.15) is 31.2 Å². The molecular weight excluding hydrogens is 212 g/mol. The highest BCUT2D eigenvalue weighted by Gasteiger charge is 2.01. The number of hydrogen-bond donors (Lipinski definition) is 0. The Bertz CT molecular complexity index is 362. The third-order valence-corrected chi connectivity index (χ3v) is 2.51. The van der Waals surface area contributed by atoms with Crippen molar-refractivity contribution in [3.8, 4) is 12.3 Å². The molecule has 0 atom stereocenters. The maximum atomic E-state index is 11.1. The van der Waals surface area contributed by atoms with E-state index in [1.807, 2.05) is 18.2 Å². The quantitative estimate of drug-likeness (QED) is 0.409. The molecular formula is C15H18O2. The van der Waals surface area contributed by atoms with Crippen molar-refractivity contribution in [1.29, 1.82) is 0 Å². The Morgan fingerprint density at radius 1 is 1.18 bits per heavy atom. The van der Waals surface area contributed by atoms with Gasteiger partial charge in [0.25, 0.3) is 0 Å². The first-order valence-electron chi connectivity index (χ1n) is 5.96. The second-order valence-corrected chi connectivity index (χ2v) is 3.91. The van der Waals surface area contributed by atoms with Crippen LogP contribution in [-0.4, -0.2) is 12.6 Å². The summed E-state index contributed by atoms with van der Waals surface area (Å²) in [5, 5.41) is 0. The summed E-state index contributed by atoms with van der Waals surface area (Å²) in [6.45, 7) is 0.0862. The fraction of sp³-hybridized carbons (Fsp3) is 0.400. The predicted molar refractivity (Wildman–Crippen MR) is 68.4 cm³/mol. The van der Waals surface area contributed by atoms with E-state index in [0.717, 1.165) is 25.7 Å². The smallest absolute Gasteiger partial charge is 0.306 e. The molecule has 0 amide bonds. The van der Waals surface area contributed by atoms with E-state index < -0.39 is 0 Å². The van der Waals surface area contributed by atoms with Crippen LogP contribution in [0.25, 0.3) is 0 Å². The molecule has 0 aliphatic heterocycles. The van der Waals surface area contributed by atoms with Gasteiger partial charge < -0.3 is 4.74 Å². The van der Waals surface area contributed by atoms with Gasteiger partial charge in [0.1, 0.15) is 0 Å². The lowest BCUT2D eigenvalue weighted by atomic mass is 10.1. The van der Waals surface area contributed by atoms with Crippen LogP contribution in [0.15, 0.2) is 30.3 Å². The molecule has 0 aliphatic carbocycles. The summed E-state index contributed by atoms with van der Waals surface area (Å²) in [6.07, 6.45) is 9.55. The van der Waals surface area contributed by atoms with Crippen molar-refractivity contribution in [3.05, 3.63) is 35.9 Å². The van der Waals surface area contributed by atoms with Crippen molar-refractivity contribution in [1.82, 2.24) is 0 Å². The summed E-state index contributed by atoms with van der Waals surface area (Å²) in [5.74, 6) is 2.09. The first kappa shape index (κ1) is 13.3. The Balaban J connectivity index is 2.02. The van der Waals surface area contributed by atoms with Gasteiger partial charge in [-0.15, -0.1) is 6.42 Å². The summed E-state index contributed by atoms with van der Waals surface area (Å²) in [4.78, 5) is 11.1. The van der Waals surface area contributed by atoms with Crippen LogP contribution in [0, 0.1) is 12.3 Å². The monoisotopic (exact) mass is 230 g/mol. The molecule has 0 spiro atoms. The van der Waals surface area contributed by atoms with Crippen LogP contribution < -0.4 is 0 Å². The molecule has 0 fully saturated rings. The maximum absolute atomic E-state index is 11.1. The molecule has 90 valence electrons. The number of esters is 1. The summed E-state index contributed by atoms with van der Waals surface area (Å²) in [6, 6.07) is 10.4. The van der Waals surface area contributed by atoms with Crippen LogP contribution in [0.3, 0.4) is 0 Å². The van der Waals surface area contributed by atoms with Crippen molar-refractivity contribution < 1.29 is 9.53 Å². The van der Waals surface area contributed by atoms with Crippen molar-refractivity contribution in [2.24, 2.45) is 0 Å². The van der Waals surface area contributed by atoms with Crippen molar-refractivity contribution in [2.75, 3.05) is 6.61 Å². The number of carbonyl (C=O) groups is 1. The molecule has 1 aromatic rings. The minimum atomic E-state index is -0.192. The Labute approximate surface area is 103 Å². The molecule has 17 heavy (non-hydrogen) atoms. The second kappa shape index (κ2) is 8.41. The summed E-state index contributed by atoms with van der Waals surface area (Å²) >= 11 is 0. The van der Waals surface area contributed by atoms with E-state index in [2.05, 4.69) is 18.1 Å². The van der Waals surface area contributed by atoms with Crippen LogP contribution in [0.4, 0.5) is 0 Å². The summed E-state index contributed by atoms with van der Waals surface area (Å²) < 4.78 is 4.78. The van der Waals surface area contributed by atoms with Gasteiger partial charge >= 0.3 is 5.97 Å². The number of ether oxygens (including phenoxy) is 1. The van der Waals surface area contributed by atoms with Crippen LogP contribution in [-0.2, 0) is 16.0 Å². The Morgan fingerprint density at radius 3 is 2.65 bits per heavy atom. The van der Waals surface area contributed by atoms with E-state index in [9.17, 15) is 4.79 Å². The van der Waals surface area contributed by atoms with E-state index in [4.69, 9.17) is 11.2 Å².